The van der Waals surface area contributed by atoms with E-state index in [1.165, 1.54) is 16.8 Å². The SMILES string of the molecule is Cc1cccc(NC(=O)c2nc(C)n(-c3ccc(F)cc3)n2)c1C. The molecule has 0 aliphatic rings. The van der Waals surface area contributed by atoms with E-state index in [1.54, 1.807) is 19.1 Å². The molecular formula is C18H17FN4O. The summed E-state index contributed by atoms with van der Waals surface area (Å²) in [5, 5.41) is 7.06. The van der Waals surface area contributed by atoms with Gasteiger partial charge in [0.25, 0.3) is 5.91 Å². The van der Waals surface area contributed by atoms with Crippen molar-refractivity contribution in [1.29, 1.82) is 0 Å². The summed E-state index contributed by atoms with van der Waals surface area (Å²) in [6, 6.07) is 11.6. The fourth-order valence-electron chi connectivity index (χ4n) is 2.38. The highest BCUT2D eigenvalue weighted by molar-refractivity contribution is 6.02. The largest absolute Gasteiger partial charge is 0.319 e. The van der Waals surface area contributed by atoms with Crippen LogP contribution >= 0.6 is 0 Å². The number of nitrogens with zero attached hydrogens (tertiary/aromatic N) is 3. The molecule has 1 N–H and O–H groups in total. The lowest BCUT2D eigenvalue weighted by molar-refractivity contribution is 0.101. The molecule has 24 heavy (non-hydrogen) atoms. The van der Waals surface area contributed by atoms with Crippen molar-refractivity contribution in [2.45, 2.75) is 20.8 Å². The first-order valence-corrected chi connectivity index (χ1v) is 7.53. The number of anilines is 1. The van der Waals surface area contributed by atoms with E-state index >= 15 is 0 Å². The predicted octanol–water partition coefficient (Wildman–Crippen LogP) is 3.58. The molecule has 0 saturated carbocycles. The minimum absolute atomic E-state index is 0.0673. The van der Waals surface area contributed by atoms with Crippen molar-refractivity contribution in [1.82, 2.24) is 14.8 Å². The van der Waals surface area contributed by atoms with Crippen molar-refractivity contribution in [3.05, 3.63) is 71.1 Å². The summed E-state index contributed by atoms with van der Waals surface area (Å²) in [7, 11) is 0. The molecule has 5 nitrogen and oxygen atoms in total. The van der Waals surface area contributed by atoms with E-state index in [9.17, 15) is 9.18 Å². The molecule has 0 bridgehead atoms. The van der Waals surface area contributed by atoms with Crippen LogP contribution in [0.4, 0.5) is 10.1 Å². The number of hydrogen-bond acceptors (Lipinski definition) is 3. The molecule has 6 heteroatoms. The number of benzene rings is 2. The first-order chi connectivity index (χ1) is 11.5. The highest BCUT2D eigenvalue weighted by Gasteiger charge is 2.16. The van der Waals surface area contributed by atoms with E-state index in [4.69, 9.17) is 0 Å². The zero-order chi connectivity index (χ0) is 17.3. The molecule has 0 aliphatic carbocycles. The van der Waals surface area contributed by atoms with Crippen LogP contribution in [0, 0.1) is 26.6 Å². The average molecular weight is 324 g/mol. The minimum atomic E-state index is -0.382. The fourth-order valence-corrected chi connectivity index (χ4v) is 2.38. The van der Waals surface area contributed by atoms with Crippen molar-refractivity contribution >= 4 is 11.6 Å². The van der Waals surface area contributed by atoms with Gasteiger partial charge in [0.05, 0.1) is 5.69 Å². The van der Waals surface area contributed by atoms with E-state index in [0.717, 1.165) is 16.8 Å². The highest BCUT2D eigenvalue weighted by Crippen LogP contribution is 2.19. The van der Waals surface area contributed by atoms with Gasteiger partial charge in [-0.15, -0.1) is 5.10 Å². The second-order valence-electron chi connectivity index (χ2n) is 5.57. The summed E-state index contributed by atoms with van der Waals surface area (Å²) in [6.07, 6.45) is 0. The van der Waals surface area contributed by atoms with Crippen molar-refractivity contribution < 1.29 is 9.18 Å². The zero-order valence-electron chi connectivity index (χ0n) is 13.7. The summed E-state index contributed by atoms with van der Waals surface area (Å²) in [6.45, 7) is 5.67. The quantitative estimate of drug-likeness (QED) is 0.801. The van der Waals surface area contributed by atoms with Gasteiger partial charge in [-0.1, -0.05) is 12.1 Å². The molecular weight excluding hydrogens is 307 g/mol. The Labute approximate surface area is 139 Å². The number of amides is 1. The molecule has 122 valence electrons. The van der Waals surface area contributed by atoms with Crippen LogP contribution in [-0.4, -0.2) is 20.7 Å². The number of aryl methyl sites for hydroxylation is 2. The number of carbonyl (C=O) groups is 1. The third-order valence-corrected chi connectivity index (χ3v) is 3.90. The Hall–Kier alpha value is -3.02. The van der Waals surface area contributed by atoms with E-state index < -0.39 is 0 Å². The van der Waals surface area contributed by atoms with Gasteiger partial charge in [-0.2, -0.15) is 0 Å². The minimum Gasteiger partial charge on any atom is -0.319 e. The molecule has 0 fully saturated rings. The van der Waals surface area contributed by atoms with Crippen LogP contribution < -0.4 is 5.32 Å². The second kappa shape index (κ2) is 6.23. The Morgan fingerprint density at radius 3 is 2.50 bits per heavy atom. The normalized spacial score (nSPS) is 10.7. The van der Waals surface area contributed by atoms with Gasteiger partial charge >= 0.3 is 0 Å². The molecule has 1 heterocycles. The Morgan fingerprint density at radius 2 is 1.79 bits per heavy atom. The Balaban J connectivity index is 1.87. The van der Waals surface area contributed by atoms with Gasteiger partial charge in [0, 0.05) is 5.69 Å². The highest BCUT2D eigenvalue weighted by atomic mass is 19.1. The van der Waals surface area contributed by atoms with Crippen LogP contribution in [0.25, 0.3) is 5.69 Å². The van der Waals surface area contributed by atoms with Gasteiger partial charge < -0.3 is 5.32 Å². The second-order valence-corrected chi connectivity index (χ2v) is 5.57. The molecule has 3 aromatic rings. The summed E-state index contributed by atoms with van der Waals surface area (Å²) in [5.74, 6) is -0.0949. The molecule has 0 saturated heterocycles. The third-order valence-electron chi connectivity index (χ3n) is 3.90. The van der Waals surface area contributed by atoms with Crippen LogP contribution in [0.3, 0.4) is 0 Å². The molecule has 2 aromatic carbocycles. The lowest BCUT2D eigenvalue weighted by atomic mass is 10.1. The number of nitrogens with one attached hydrogen (secondary N) is 1. The molecule has 0 unspecified atom stereocenters. The number of halogens is 1. The first kappa shape index (κ1) is 15.9. The van der Waals surface area contributed by atoms with E-state index in [2.05, 4.69) is 15.4 Å². The maximum atomic E-state index is 13.0. The number of carbonyl (C=O) groups excluding carboxylic acids is 1. The molecule has 3 rings (SSSR count). The maximum Gasteiger partial charge on any atom is 0.295 e. The van der Waals surface area contributed by atoms with Crippen LogP contribution in [-0.2, 0) is 0 Å². The topological polar surface area (TPSA) is 59.8 Å². The first-order valence-electron chi connectivity index (χ1n) is 7.53. The Kier molecular flexibility index (Phi) is 4.12. The van der Waals surface area contributed by atoms with Crippen molar-refractivity contribution in [2.24, 2.45) is 0 Å². The average Bonchev–Trinajstić information content (AvgIpc) is 2.94. The van der Waals surface area contributed by atoms with Crippen molar-refractivity contribution in [3.63, 3.8) is 0 Å². The third kappa shape index (κ3) is 3.03. The van der Waals surface area contributed by atoms with E-state index in [1.807, 2.05) is 32.0 Å². The van der Waals surface area contributed by atoms with Gasteiger partial charge in [0.1, 0.15) is 11.6 Å². The maximum absolute atomic E-state index is 13.0. The monoisotopic (exact) mass is 324 g/mol. The molecule has 0 radical (unpaired) electrons. The molecule has 0 aliphatic heterocycles. The summed E-state index contributed by atoms with van der Waals surface area (Å²) in [4.78, 5) is 16.6. The zero-order valence-corrected chi connectivity index (χ0v) is 13.7. The van der Waals surface area contributed by atoms with E-state index in [0.29, 0.717) is 11.5 Å². The summed E-state index contributed by atoms with van der Waals surface area (Å²) < 4.78 is 14.6. The molecule has 1 amide bonds. The lowest BCUT2D eigenvalue weighted by Gasteiger charge is -2.08. The van der Waals surface area contributed by atoms with Gasteiger partial charge in [0.2, 0.25) is 5.82 Å². The number of hydrogen-bond donors (Lipinski definition) is 1. The van der Waals surface area contributed by atoms with Crippen LogP contribution in [0.2, 0.25) is 0 Å². The van der Waals surface area contributed by atoms with E-state index in [-0.39, 0.29) is 17.5 Å². The van der Waals surface area contributed by atoms with Crippen molar-refractivity contribution in [2.75, 3.05) is 5.32 Å². The summed E-state index contributed by atoms with van der Waals surface area (Å²) >= 11 is 0. The van der Waals surface area contributed by atoms with Gasteiger partial charge in [-0.3, -0.25) is 4.79 Å². The smallest absolute Gasteiger partial charge is 0.295 e. The fraction of sp³-hybridized carbons (Fsp3) is 0.167. The van der Waals surface area contributed by atoms with Crippen LogP contribution in [0.5, 0.6) is 0 Å². The molecule has 0 spiro atoms. The van der Waals surface area contributed by atoms with Crippen LogP contribution in [0.1, 0.15) is 27.6 Å². The Bertz CT molecular complexity index is 900. The predicted molar refractivity (Wildman–Crippen MR) is 89.9 cm³/mol. The van der Waals surface area contributed by atoms with Gasteiger partial charge in [0.15, 0.2) is 0 Å². The van der Waals surface area contributed by atoms with Gasteiger partial charge in [-0.05, 0) is 62.2 Å². The lowest BCUT2D eigenvalue weighted by Crippen LogP contribution is -2.15. The number of aromatic nitrogens is 3. The molecule has 0 atom stereocenters. The van der Waals surface area contributed by atoms with Crippen molar-refractivity contribution in [3.8, 4) is 5.69 Å². The standard InChI is InChI=1S/C18H17FN4O/c1-11-5-4-6-16(12(11)2)21-18(24)17-20-13(3)23(22-17)15-9-7-14(19)8-10-15/h4-10H,1-3H3,(H,21,24). The number of rotatable bonds is 3. The Morgan fingerprint density at radius 1 is 1.08 bits per heavy atom. The van der Waals surface area contributed by atoms with Gasteiger partial charge in [-0.25, -0.2) is 14.1 Å². The van der Waals surface area contributed by atoms with Crippen LogP contribution in [0.15, 0.2) is 42.5 Å². The summed E-state index contributed by atoms with van der Waals surface area (Å²) in [5.41, 5.74) is 3.47. The molecule has 1 aromatic heterocycles.